The molecule has 0 radical (unpaired) electrons. The number of nitrogens with zero attached hydrogens (tertiary/aromatic N) is 1. The zero-order chi connectivity index (χ0) is 21.1. The van der Waals surface area contributed by atoms with Gasteiger partial charge in [-0.2, -0.15) is 0 Å². The Morgan fingerprint density at radius 2 is 1.67 bits per heavy atom. The van der Waals surface area contributed by atoms with Gasteiger partial charge < -0.3 is 10.1 Å². The first-order valence-corrected chi connectivity index (χ1v) is 11.4. The van der Waals surface area contributed by atoms with Gasteiger partial charge in [0.2, 0.25) is 0 Å². The van der Waals surface area contributed by atoms with Crippen molar-refractivity contribution in [1.29, 1.82) is 0 Å². The third-order valence-corrected chi connectivity index (χ3v) is 6.20. The number of hydrogen-bond acceptors (Lipinski definition) is 4. The van der Waals surface area contributed by atoms with Crippen LogP contribution in [-0.2, 0) is 9.53 Å². The van der Waals surface area contributed by atoms with Crippen molar-refractivity contribution >= 4 is 43.5 Å². The molecule has 0 unspecified atom stereocenters. The SMILES string of the molecule is CCOC(=O)CN1[C@@H](c2ccccc2)c2cc(Br)ccc2N[C@H]1c1ccc(Br)cc1. The predicted molar refractivity (Wildman–Crippen MR) is 126 cm³/mol. The molecule has 0 amide bonds. The van der Waals surface area contributed by atoms with Gasteiger partial charge in [0.1, 0.15) is 6.17 Å². The van der Waals surface area contributed by atoms with Gasteiger partial charge in [-0.25, -0.2) is 0 Å². The van der Waals surface area contributed by atoms with Crippen molar-refractivity contribution in [3.63, 3.8) is 0 Å². The first-order valence-electron chi connectivity index (χ1n) is 9.84. The van der Waals surface area contributed by atoms with E-state index in [0.29, 0.717) is 6.61 Å². The molecule has 1 heterocycles. The molecule has 0 fully saturated rings. The van der Waals surface area contributed by atoms with E-state index in [1.54, 1.807) is 0 Å². The second kappa shape index (κ2) is 9.33. The smallest absolute Gasteiger partial charge is 0.320 e. The van der Waals surface area contributed by atoms with Gasteiger partial charge in [0, 0.05) is 14.6 Å². The number of nitrogens with one attached hydrogen (secondary N) is 1. The van der Waals surface area contributed by atoms with Gasteiger partial charge >= 0.3 is 5.97 Å². The minimum Gasteiger partial charge on any atom is -0.465 e. The average molecular weight is 530 g/mol. The topological polar surface area (TPSA) is 41.6 Å². The van der Waals surface area contributed by atoms with Crippen molar-refractivity contribution < 1.29 is 9.53 Å². The predicted octanol–water partition coefficient (Wildman–Crippen LogP) is 6.29. The molecule has 1 aliphatic rings. The minimum absolute atomic E-state index is 0.0991. The Labute approximate surface area is 193 Å². The second-order valence-electron chi connectivity index (χ2n) is 7.12. The molecule has 0 saturated heterocycles. The number of carbonyl (C=O) groups excluding carboxylic acids is 1. The molecule has 0 saturated carbocycles. The Kier molecular flexibility index (Phi) is 6.56. The zero-order valence-corrected chi connectivity index (χ0v) is 19.7. The molecule has 4 nitrogen and oxygen atoms in total. The highest BCUT2D eigenvalue weighted by Gasteiger charge is 2.37. The fraction of sp³-hybridized carbons (Fsp3) is 0.208. The van der Waals surface area contributed by atoms with E-state index in [-0.39, 0.29) is 24.7 Å². The van der Waals surface area contributed by atoms with Crippen molar-refractivity contribution in [2.45, 2.75) is 19.1 Å². The van der Waals surface area contributed by atoms with E-state index in [1.165, 1.54) is 0 Å². The number of benzene rings is 3. The summed E-state index contributed by atoms with van der Waals surface area (Å²) < 4.78 is 7.34. The van der Waals surface area contributed by atoms with Crippen LogP contribution in [0.1, 0.15) is 35.8 Å². The number of carbonyl (C=O) groups is 1. The van der Waals surface area contributed by atoms with Crippen LogP contribution in [0.4, 0.5) is 5.69 Å². The van der Waals surface area contributed by atoms with Crippen LogP contribution in [0.3, 0.4) is 0 Å². The Morgan fingerprint density at radius 3 is 2.37 bits per heavy atom. The standard InChI is InChI=1S/C24H22Br2N2O2/c1-2-30-22(29)15-28-23(16-6-4-3-5-7-16)20-14-19(26)12-13-21(20)27-24(28)17-8-10-18(25)11-9-17/h3-14,23-24,27H,2,15H2,1H3/t23-,24+/m0/s1. The summed E-state index contributed by atoms with van der Waals surface area (Å²) in [6.45, 7) is 2.37. The van der Waals surface area contributed by atoms with Gasteiger partial charge in [0.15, 0.2) is 0 Å². The number of anilines is 1. The fourth-order valence-corrected chi connectivity index (χ4v) is 4.56. The lowest BCUT2D eigenvalue weighted by molar-refractivity contribution is -0.145. The van der Waals surface area contributed by atoms with E-state index in [9.17, 15) is 4.79 Å². The van der Waals surface area contributed by atoms with Crippen molar-refractivity contribution in [2.75, 3.05) is 18.5 Å². The van der Waals surface area contributed by atoms with Crippen LogP contribution in [-0.4, -0.2) is 24.0 Å². The quantitative estimate of drug-likeness (QED) is 0.394. The first-order chi connectivity index (χ1) is 14.6. The van der Waals surface area contributed by atoms with Crippen molar-refractivity contribution in [1.82, 2.24) is 4.90 Å². The number of halogens is 2. The highest BCUT2D eigenvalue weighted by molar-refractivity contribution is 9.10. The van der Waals surface area contributed by atoms with Crippen LogP contribution in [0.25, 0.3) is 0 Å². The highest BCUT2D eigenvalue weighted by Crippen LogP contribution is 2.44. The summed E-state index contributed by atoms with van der Waals surface area (Å²) in [6, 6.07) is 24.6. The largest absolute Gasteiger partial charge is 0.465 e. The molecule has 3 aromatic carbocycles. The highest BCUT2D eigenvalue weighted by atomic mass is 79.9. The third kappa shape index (κ3) is 4.46. The second-order valence-corrected chi connectivity index (χ2v) is 8.95. The van der Waals surface area contributed by atoms with Gasteiger partial charge in [0.25, 0.3) is 0 Å². The molecule has 4 rings (SSSR count). The van der Waals surface area contributed by atoms with Crippen molar-refractivity contribution in [3.8, 4) is 0 Å². The summed E-state index contributed by atoms with van der Waals surface area (Å²) in [5.41, 5.74) is 4.38. The Morgan fingerprint density at radius 1 is 0.967 bits per heavy atom. The van der Waals surface area contributed by atoms with Gasteiger partial charge in [-0.3, -0.25) is 9.69 Å². The van der Waals surface area contributed by atoms with Gasteiger partial charge in [-0.15, -0.1) is 0 Å². The van der Waals surface area contributed by atoms with Crippen LogP contribution < -0.4 is 5.32 Å². The van der Waals surface area contributed by atoms with Gasteiger partial charge in [-0.05, 0) is 53.9 Å². The van der Waals surface area contributed by atoms with Crippen LogP contribution in [0.2, 0.25) is 0 Å². The summed E-state index contributed by atoms with van der Waals surface area (Å²) in [5.74, 6) is -0.235. The number of hydrogen-bond donors (Lipinski definition) is 1. The number of esters is 1. The number of fused-ring (bicyclic) bond motifs is 1. The van der Waals surface area contributed by atoms with Crippen LogP contribution in [0, 0.1) is 0 Å². The van der Waals surface area contributed by atoms with Crippen molar-refractivity contribution in [3.05, 3.63) is 98.4 Å². The molecule has 1 aliphatic heterocycles. The molecule has 0 aliphatic carbocycles. The maximum atomic E-state index is 12.6. The average Bonchev–Trinajstić information content (AvgIpc) is 2.75. The normalized spacial score (nSPS) is 18.4. The number of rotatable bonds is 5. The molecule has 6 heteroatoms. The van der Waals surface area contributed by atoms with E-state index >= 15 is 0 Å². The summed E-state index contributed by atoms with van der Waals surface area (Å²) in [4.78, 5) is 14.8. The summed E-state index contributed by atoms with van der Waals surface area (Å²) >= 11 is 7.13. The molecule has 0 aromatic heterocycles. The molecule has 0 bridgehead atoms. The van der Waals surface area contributed by atoms with E-state index in [2.05, 4.69) is 78.5 Å². The Bertz CT molecular complexity index is 1030. The van der Waals surface area contributed by atoms with E-state index in [1.807, 2.05) is 43.3 Å². The van der Waals surface area contributed by atoms with E-state index in [0.717, 1.165) is 31.3 Å². The molecule has 2 atom stereocenters. The molecule has 154 valence electrons. The third-order valence-electron chi connectivity index (χ3n) is 5.18. The summed E-state index contributed by atoms with van der Waals surface area (Å²) in [6.07, 6.45) is -0.179. The lowest BCUT2D eigenvalue weighted by Gasteiger charge is -2.44. The number of ether oxygens (including phenoxy) is 1. The molecule has 30 heavy (non-hydrogen) atoms. The van der Waals surface area contributed by atoms with E-state index < -0.39 is 0 Å². The lowest BCUT2D eigenvalue weighted by atomic mass is 9.91. The molecule has 0 spiro atoms. The molecule has 3 aromatic rings. The van der Waals surface area contributed by atoms with Crippen LogP contribution in [0.15, 0.2) is 81.7 Å². The van der Waals surface area contributed by atoms with Crippen LogP contribution >= 0.6 is 31.9 Å². The molecular weight excluding hydrogens is 508 g/mol. The molecule has 1 N–H and O–H groups in total. The first kappa shape index (κ1) is 21.1. The monoisotopic (exact) mass is 528 g/mol. The fourth-order valence-electron chi connectivity index (χ4n) is 3.91. The van der Waals surface area contributed by atoms with E-state index in [4.69, 9.17) is 4.74 Å². The lowest BCUT2D eigenvalue weighted by Crippen LogP contribution is -2.44. The maximum absolute atomic E-state index is 12.6. The Balaban J connectivity index is 1.86. The zero-order valence-electron chi connectivity index (χ0n) is 16.5. The summed E-state index contributed by atoms with van der Waals surface area (Å²) in [5, 5.41) is 3.64. The van der Waals surface area contributed by atoms with Gasteiger partial charge in [0.05, 0.1) is 19.2 Å². The summed E-state index contributed by atoms with van der Waals surface area (Å²) in [7, 11) is 0. The minimum atomic E-state index is -0.235. The van der Waals surface area contributed by atoms with Gasteiger partial charge in [-0.1, -0.05) is 74.3 Å². The van der Waals surface area contributed by atoms with Crippen LogP contribution in [0.5, 0.6) is 0 Å². The Hall–Kier alpha value is -2.15. The molecular formula is C24H22Br2N2O2. The maximum Gasteiger partial charge on any atom is 0.320 e. The van der Waals surface area contributed by atoms with Crippen molar-refractivity contribution in [2.24, 2.45) is 0 Å².